The van der Waals surface area contributed by atoms with Crippen LogP contribution in [0.4, 0.5) is 0 Å². The summed E-state index contributed by atoms with van der Waals surface area (Å²) in [6.45, 7) is 21.3. The molecule has 1 radical (unpaired) electrons. The summed E-state index contributed by atoms with van der Waals surface area (Å²) in [5.74, 6) is -7.10. The number of hydrogen-bond acceptors (Lipinski definition) is 14. The smallest absolute Gasteiger partial charge is 0.326 e. The van der Waals surface area contributed by atoms with Crippen molar-refractivity contribution in [3.05, 3.63) is 40.3 Å². The summed E-state index contributed by atoms with van der Waals surface area (Å²) in [6, 6.07) is 6.11. The number of carbonyl (C=O) groups is 10. The quantitative estimate of drug-likeness (QED) is 0.0447. The first-order valence-electron chi connectivity index (χ1n) is 33.3. The van der Waals surface area contributed by atoms with Crippen molar-refractivity contribution >= 4 is 81.5 Å². The van der Waals surface area contributed by atoms with Crippen LogP contribution in [0.1, 0.15) is 223 Å². The van der Waals surface area contributed by atoms with Gasteiger partial charge in [0.05, 0.1) is 54.1 Å². The average molecular weight is 1420 g/mol. The number of amides is 4. The van der Waals surface area contributed by atoms with E-state index in [1.54, 1.807) is 70.1 Å². The van der Waals surface area contributed by atoms with Crippen LogP contribution in [-0.4, -0.2) is 153 Å². The first-order valence-corrected chi connectivity index (χ1v) is 34.6. The molecular formula is C70H106IN4O15V-. The number of rotatable bonds is 23. The van der Waals surface area contributed by atoms with Crippen molar-refractivity contribution in [3.63, 3.8) is 0 Å². The standard InChI is InChI=1S/C44H63N3O9.C23H37NO6.C3H6I.V/c1-43(2,3)56-37(51)24-31(28-14-10-8-11-15-28)41(53)47-26-35-32(25-44(4,5)55-35)39(47)34(49)23-30(22-27-18-19-27)40(52)33(48)20-21-36(50)45-38(42(54)46(6)7)29-16-12-9-13-17-29;1-22(2,3)30-18(25)11-15(14-9-7-6-8-10-14)20(26)24-13-17-16(19(24)21(27)28)12-23(4,5)29-17;1-2-3-4;/h9,12-13,16-17,27-28,30-32,35,38-39H,8,10-11,14-15,18-26H2,1-7H3,(H,45,50);14-17,19H,6-13H2,1-5H3,(H,27,28);3H,2H2,1H3;/q;;-1;/t30?,31-,32-,35?,38-,39-;15-,16-,17?,19-;;/m00../s1. The molecule has 2 N–H and O–H groups in total. The first kappa shape index (κ1) is 77.5. The summed E-state index contributed by atoms with van der Waals surface area (Å²) >= 11 is 2.23. The molecule has 3 unspecified atom stereocenters. The number of nitrogens with one attached hydrogen (secondary N) is 1. The zero-order valence-electron chi connectivity index (χ0n) is 56.6. The number of ketones is 3. The number of halogens is 1. The maximum absolute atomic E-state index is 14.7. The molecule has 3 saturated carbocycles. The van der Waals surface area contributed by atoms with Gasteiger partial charge in [-0.1, -0.05) is 88.6 Å². The van der Waals surface area contributed by atoms with Crippen LogP contribution in [0, 0.1) is 51.8 Å². The van der Waals surface area contributed by atoms with Gasteiger partial charge in [0.25, 0.3) is 0 Å². The van der Waals surface area contributed by atoms with Gasteiger partial charge in [0.15, 0.2) is 11.6 Å². The van der Waals surface area contributed by atoms with Gasteiger partial charge in [-0.2, -0.15) is 6.42 Å². The Morgan fingerprint density at radius 2 is 1.12 bits per heavy atom. The minimum absolute atomic E-state index is 0. The summed E-state index contributed by atoms with van der Waals surface area (Å²) in [5.41, 5.74) is -1.61. The number of likely N-dealkylation sites (tertiary alicyclic amines) is 2. The molecule has 4 amide bonds. The minimum Gasteiger partial charge on any atom is -0.480 e. The Hall–Kier alpha value is -4.25. The van der Waals surface area contributed by atoms with Gasteiger partial charge in [-0.15, -0.1) is 0 Å². The van der Waals surface area contributed by atoms with E-state index in [0.717, 1.165) is 77.0 Å². The molecule has 1 aromatic carbocycles. The summed E-state index contributed by atoms with van der Waals surface area (Å²) in [5, 5.41) is 12.7. The van der Waals surface area contributed by atoms with Crippen LogP contribution in [-0.2, 0) is 85.4 Å². The Morgan fingerprint density at radius 1 is 0.681 bits per heavy atom. The van der Waals surface area contributed by atoms with E-state index in [2.05, 4.69) is 39.3 Å². The van der Waals surface area contributed by atoms with Gasteiger partial charge in [0.1, 0.15) is 23.3 Å². The van der Waals surface area contributed by atoms with E-state index in [9.17, 15) is 53.1 Å². The molecule has 21 heteroatoms. The summed E-state index contributed by atoms with van der Waals surface area (Å²) in [4.78, 5) is 139. The monoisotopic (exact) mass is 1420 g/mol. The van der Waals surface area contributed by atoms with Crippen LogP contribution in [0.15, 0.2) is 30.3 Å². The second-order valence-electron chi connectivity index (χ2n) is 29.9. The van der Waals surface area contributed by atoms with Gasteiger partial charge in [-0.3, -0.25) is 47.6 Å². The maximum atomic E-state index is 14.7. The number of fused-ring (bicyclic) bond motifs is 2. The van der Waals surface area contributed by atoms with Gasteiger partial charge >= 0.3 is 17.9 Å². The van der Waals surface area contributed by atoms with Crippen molar-refractivity contribution in [1.82, 2.24) is 20.0 Å². The van der Waals surface area contributed by atoms with E-state index in [0.29, 0.717) is 24.8 Å². The summed E-state index contributed by atoms with van der Waals surface area (Å²) in [6.07, 6.45) is 12.6. The number of carboxylic acids is 1. The third kappa shape index (κ3) is 22.7. The Morgan fingerprint density at radius 3 is 1.53 bits per heavy atom. The SMILES string of the molecule is CC(C)(C)OC(=O)C[C@H](C(=O)N1CC2OC(C)(C)C[C@@H]2[C@H]1C(=O)O)C1CCCCC1.CC[CH-]I.CN(C)C(=O)[C@@H](NC(=O)CCC(=O)C(=O)C(CC(=O)[C@@H]1[C@H]2CC(C)(C)OC2CN1C(=O)[C@@H](CC(=O)OC(C)(C)C)C1CCCCC1)CC1CC1)c1ccccc1.[V]. The third-order valence-corrected chi connectivity index (χ3v) is 19.6. The zero-order valence-corrected chi connectivity index (χ0v) is 60.1. The molecule has 0 aromatic heterocycles. The number of benzene rings is 1. The number of Topliss-reactive ketones (excluding diaryl/α,β-unsaturated/α-hetero) is 3. The van der Waals surface area contributed by atoms with Crippen LogP contribution >= 0.6 is 22.6 Å². The largest absolute Gasteiger partial charge is 0.480 e. The summed E-state index contributed by atoms with van der Waals surface area (Å²) < 4.78 is 25.7. The predicted molar refractivity (Wildman–Crippen MR) is 348 cm³/mol. The van der Waals surface area contributed by atoms with E-state index in [1.165, 1.54) is 16.2 Å². The van der Waals surface area contributed by atoms with Crippen molar-refractivity contribution in [1.29, 1.82) is 0 Å². The van der Waals surface area contributed by atoms with E-state index in [4.69, 9.17) is 18.9 Å². The molecule has 0 bridgehead atoms. The van der Waals surface area contributed by atoms with Gasteiger partial charge in [0.2, 0.25) is 29.4 Å². The second kappa shape index (κ2) is 33.9. The van der Waals surface area contributed by atoms with Crippen molar-refractivity contribution in [3.8, 4) is 0 Å². The maximum Gasteiger partial charge on any atom is 0.326 e. The predicted octanol–water partition coefficient (Wildman–Crippen LogP) is 10.9. The number of nitrogens with zero attached hydrogens (tertiary/aromatic N) is 3. The van der Waals surface area contributed by atoms with Crippen LogP contribution in [0.5, 0.6) is 0 Å². The van der Waals surface area contributed by atoms with E-state index < -0.39 is 88.1 Å². The van der Waals surface area contributed by atoms with Gasteiger partial charge in [0, 0.05) is 82.8 Å². The van der Waals surface area contributed by atoms with Gasteiger partial charge < -0.3 is 66.7 Å². The molecule has 4 aliphatic heterocycles. The molecule has 91 heavy (non-hydrogen) atoms. The van der Waals surface area contributed by atoms with Crippen LogP contribution < -0.4 is 5.32 Å². The Bertz CT molecular complexity index is 2670. The minimum atomic E-state index is -0.989. The summed E-state index contributed by atoms with van der Waals surface area (Å²) in [7, 11) is 3.18. The Balaban J connectivity index is 0.000000360. The third-order valence-electron chi connectivity index (χ3n) is 18.7. The number of carboxylic acid groups (broad SMARTS) is 1. The Kier molecular flexibility index (Phi) is 28.9. The fourth-order valence-electron chi connectivity index (χ4n) is 14.7. The molecule has 1 aromatic rings. The molecule has 509 valence electrons. The van der Waals surface area contributed by atoms with Crippen molar-refractivity contribution in [2.75, 3.05) is 27.2 Å². The molecule has 0 spiro atoms. The number of carbonyl (C=O) groups excluding carboxylic acids is 9. The topological polar surface area (TPSA) is 250 Å². The molecule has 3 aliphatic carbocycles. The Labute approximate surface area is 567 Å². The molecule has 4 saturated heterocycles. The first-order chi connectivity index (χ1) is 42.1. The van der Waals surface area contributed by atoms with E-state index in [-0.39, 0.29) is 135 Å². The van der Waals surface area contributed by atoms with Crippen molar-refractivity contribution in [2.45, 2.75) is 264 Å². The fourth-order valence-corrected chi connectivity index (χ4v) is 14.7. The number of likely N-dealkylation sites (N-methyl/N-ethyl adjacent to an activating group) is 1. The number of aliphatic carboxylic acids is 1. The number of hydrogen-bond donors (Lipinski definition) is 2. The number of ether oxygens (including phenoxy) is 4. The fraction of sp³-hybridized carbons (Fsp3) is 0.757. The second-order valence-corrected chi connectivity index (χ2v) is 30.8. The van der Waals surface area contributed by atoms with Crippen LogP contribution in [0.3, 0.4) is 0 Å². The van der Waals surface area contributed by atoms with Gasteiger partial charge in [-0.05, 0) is 138 Å². The molecule has 7 fully saturated rings. The number of esters is 2. The molecule has 4 heterocycles. The van der Waals surface area contributed by atoms with E-state index in [1.807, 2.05) is 48.5 Å². The molecule has 8 rings (SSSR count). The normalized spacial score (nSPS) is 24.8. The van der Waals surface area contributed by atoms with Crippen molar-refractivity contribution in [2.24, 2.45) is 47.3 Å². The molecular weight excluding hydrogens is 1310 g/mol. The average Bonchev–Trinajstić information content (AvgIpc) is 1.95. The van der Waals surface area contributed by atoms with Crippen LogP contribution in [0.2, 0.25) is 0 Å². The zero-order chi connectivity index (χ0) is 66.6. The van der Waals surface area contributed by atoms with Crippen molar-refractivity contribution < 1.29 is 90.6 Å². The van der Waals surface area contributed by atoms with Gasteiger partial charge in [-0.25, -0.2) is 4.79 Å². The molecule has 19 nitrogen and oxygen atoms in total. The van der Waals surface area contributed by atoms with E-state index >= 15 is 0 Å². The van der Waals surface area contributed by atoms with Crippen LogP contribution in [0.25, 0.3) is 0 Å². The molecule has 10 atom stereocenters. The molecule has 7 aliphatic rings.